The van der Waals surface area contributed by atoms with Gasteiger partial charge in [-0.3, -0.25) is 10.1 Å². The highest BCUT2D eigenvalue weighted by molar-refractivity contribution is 6.05. The fourth-order valence-corrected chi connectivity index (χ4v) is 3.57. The molecule has 0 bridgehead atoms. The van der Waals surface area contributed by atoms with Crippen LogP contribution in [0.25, 0.3) is 22.0 Å². The zero-order valence-corrected chi connectivity index (χ0v) is 17.1. The molecule has 0 unspecified atom stereocenters. The number of carbonyl (C=O) groups excluding carboxylic acids is 1. The third-order valence-corrected chi connectivity index (χ3v) is 5.30. The Morgan fingerprint density at radius 2 is 1.83 bits per heavy atom. The predicted octanol–water partition coefficient (Wildman–Crippen LogP) is 3.74. The van der Waals surface area contributed by atoms with Crippen molar-refractivity contribution in [2.24, 2.45) is 0 Å². The van der Waals surface area contributed by atoms with E-state index < -0.39 is 11.5 Å². The molecule has 154 valence electrons. The van der Waals surface area contributed by atoms with E-state index in [0.717, 1.165) is 30.7 Å². The molecule has 4 aromatic rings. The van der Waals surface area contributed by atoms with Crippen LogP contribution in [-0.4, -0.2) is 40.0 Å². The average molecular weight is 404 g/mol. The van der Waals surface area contributed by atoms with Crippen LogP contribution in [0.2, 0.25) is 0 Å². The van der Waals surface area contributed by atoms with Crippen molar-refractivity contribution in [2.45, 2.75) is 20.4 Å². The molecule has 0 atom stereocenters. The second-order valence-electron chi connectivity index (χ2n) is 7.04. The van der Waals surface area contributed by atoms with Crippen molar-refractivity contribution in [2.75, 3.05) is 25.0 Å². The molecule has 0 aliphatic heterocycles. The van der Waals surface area contributed by atoms with E-state index in [9.17, 15) is 9.59 Å². The minimum absolute atomic E-state index is 0.0453. The summed E-state index contributed by atoms with van der Waals surface area (Å²) >= 11 is 0. The molecular weight excluding hydrogens is 380 g/mol. The summed E-state index contributed by atoms with van der Waals surface area (Å²) < 4.78 is 7.28. The minimum Gasteiger partial charge on any atom is -0.422 e. The first-order valence-corrected chi connectivity index (χ1v) is 10.1. The van der Waals surface area contributed by atoms with Gasteiger partial charge in [0.15, 0.2) is 0 Å². The Kier molecular flexibility index (Phi) is 5.63. The molecule has 7 nitrogen and oxygen atoms in total. The number of nitrogens with zero attached hydrogens (tertiary/aromatic N) is 3. The number of carbonyl (C=O) groups is 1. The fourth-order valence-electron chi connectivity index (χ4n) is 3.57. The van der Waals surface area contributed by atoms with Crippen LogP contribution < -0.4 is 10.9 Å². The maximum Gasteiger partial charge on any atom is 0.349 e. The Balaban J connectivity index is 1.68. The van der Waals surface area contributed by atoms with Crippen LogP contribution in [-0.2, 0) is 6.54 Å². The fraction of sp³-hybridized carbons (Fsp3) is 0.261. The van der Waals surface area contributed by atoms with Gasteiger partial charge in [0.25, 0.3) is 5.91 Å². The quantitative estimate of drug-likeness (QED) is 0.475. The van der Waals surface area contributed by atoms with Crippen molar-refractivity contribution in [3.05, 3.63) is 70.6 Å². The van der Waals surface area contributed by atoms with E-state index in [1.54, 1.807) is 24.3 Å². The molecule has 30 heavy (non-hydrogen) atoms. The Labute approximate surface area is 173 Å². The summed E-state index contributed by atoms with van der Waals surface area (Å²) in [4.78, 5) is 32.2. The summed E-state index contributed by atoms with van der Waals surface area (Å²) in [6, 6.07) is 16.4. The smallest absolute Gasteiger partial charge is 0.349 e. The van der Waals surface area contributed by atoms with E-state index in [4.69, 9.17) is 4.42 Å². The van der Waals surface area contributed by atoms with Crippen molar-refractivity contribution in [3.8, 4) is 0 Å². The van der Waals surface area contributed by atoms with E-state index >= 15 is 0 Å². The van der Waals surface area contributed by atoms with Crippen molar-refractivity contribution in [1.29, 1.82) is 0 Å². The monoisotopic (exact) mass is 404 g/mol. The lowest BCUT2D eigenvalue weighted by molar-refractivity contribution is 0.102. The number of benzene rings is 2. The Morgan fingerprint density at radius 3 is 2.63 bits per heavy atom. The molecule has 0 radical (unpaired) electrons. The lowest BCUT2D eigenvalue weighted by atomic mass is 10.2. The van der Waals surface area contributed by atoms with Gasteiger partial charge in [0.1, 0.15) is 11.1 Å². The van der Waals surface area contributed by atoms with Gasteiger partial charge in [0, 0.05) is 18.5 Å². The molecule has 2 aromatic carbocycles. The third-order valence-electron chi connectivity index (χ3n) is 5.30. The van der Waals surface area contributed by atoms with Gasteiger partial charge in [0.2, 0.25) is 5.95 Å². The predicted molar refractivity (Wildman–Crippen MR) is 118 cm³/mol. The SMILES string of the molecule is CCN(CC)CCn1c(NC(=O)c2cc3ccccc3oc2=O)nc2ccccc21. The van der Waals surface area contributed by atoms with Crippen LogP contribution in [0.4, 0.5) is 5.95 Å². The summed E-state index contributed by atoms with van der Waals surface area (Å²) in [5.74, 6) is -0.116. The molecule has 1 amide bonds. The van der Waals surface area contributed by atoms with E-state index in [1.165, 1.54) is 0 Å². The molecule has 4 rings (SSSR count). The Bertz CT molecular complexity index is 1250. The lowest BCUT2D eigenvalue weighted by Crippen LogP contribution is -2.28. The summed E-state index contributed by atoms with van der Waals surface area (Å²) in [6.07, 6.45) is 0. The van der Waals surface area contributed by atoms with E-state index in [0.29, 0.717) is 23.5 Å². The van der Waals surface area contributed by atoms with Crippen molar-refractivity contribution < 1.29 is 9.21 Å². The first kappa shape index (κ1) is 19.8. The third kappa shape index (κ3) is 3.84. The molecule has 1 N–H and O–H groups in total. The second-order valence-corrected chi connectivity index (χ2v) is 7.04. The van der Waals surface area contributed by atoms with Gasteiger partial charge >= 0.3 is 5.63 Å². The highest BCUT2D eigenvalue weighted by Crippen LogP contribution is 2.20. The van der Waals surface area contributed by atoms with Crippen LogP contribution in [0, 0.1) is 0 Å². The molecule has 0 fully saturated rings. The summed E-state index contributed by atoms with van der Waals surface area (Å²) in [6.45, 7) is 7.64. The summed E-state index contributed by atoms with van der Waals surface area (Å²) in [5.41, 5.74) is 1.46. The number of hydrogen-bond donors (Lipinski definition) is 1. The first-order valence-electron chi connectivity index (χ1n) is 10.1. The number of para-hydroxylation sites is 3. The number of fused-ring (bicyclic) bond motifs is 2. The molecule has 2 aromatic heterocycles. The van der Waals surface area contributed by atoms with Crippen LogP contribution in [0.15, 0.2) is 63.8 Å². The Morgan fingerprint density at radius 1 is 1.10 bits per heavy atom. The first-order chi connectivity index (χ1) is 14.6. The van der Waals surface area contributed by atoms with Crippen LogP contribution in [0.1, 0.15) is 24.2 Å². The Hall–Kier alpha value is -3.45. The number of hydrogen-bond acceptors (Lipinski definition) is 5. The van der Waals surface area contributed by atoms with Crippen molar-refractivity contribution in [3.63, 3.8) is 0 Å². The standard InChI is InChI=1S/C23H24N4O3/c1-3-26(4-2)13-14-27-19-11-7-6-10-18(19)24-23(27)25-21(28)17-15-16-9-5-8-12-20(16)30-22(17)29/h5-12,15H,3-4,13-14H2,1-2H3,(H,24,25,28). The highest BCUT2D eigenvalue weighted by Gasteiger charge is 2.18. The van der Waals surface area contributed by atoms with E-state index in [1.807, 2.05) is 34.9 Å². The van der Waals surface area contributed by atoms with Gasteiger partial charge in [-0.15, -0.1) is 0 Å². The van der Waals surface area contributed by atoms with E-state index in [-0.39, 0.29) is 5.56 Å². The maximum atomic E-state index is 12.9. The molecule has 2 heterocycles. The number of nitrogens with one attached hydrogen (secondary N) is 1. The molecule has 0 saturated heterocycles. The number of rotatable bonds is 7. The van der Waals surface area contributed by atoms with Gasteiger partial charge in [-0.25, -0.2) is 9.78 Å². The normalized spacial score (nSPS) is 11.4. The minimum atomic E-state index is -0.669. The summed E-state index contributed by atoms with van der Waals surface area (Å²) in [7, 11) is 0. The lowest BCUT2D eigenvalue weighted by Gasteiger charge is -2.19. The zero-order chi connectivity index (χ0) is 21.1. The van der Waals surface area contributed by atoms with Gasteiger partial charge in [0.05, 0.1) is 11.0 Å². The van der Waals surface area contributed by atoms with Gasteiger partial charge in [-0.1, -0.05) is 44.2 Å². The second kappa shape index (κ2) is 8.51. The molecule has 7 heteroatoms. The number of imidazole rings is 1. The topological polar surface area (TPSA) is 80.4 Å². The number of anilines is 1. The molecule has 0 saturated carbocycles. The maximum absolute atomic E-state index is 12.9. The number of likely N-dealkylation sites (N-methyl/N-ethyl adjacent to an activating group) is 1. The molecular formula is C23H24N4O3. The van der Waals surface area contributed by atoms with Crippen molar-refractivity contribution >= 4 is 33.9 Å². The number of aromatic nitrogens is 2. The zero-order valence-electron chi connectivity index (χ0n) is 17.1. The molecule has 0 aliphatic carbocycles. The molecule has 0 aliphatic rings. The van der Waals surface area contributed by atoms with Crippen molar-refractivity contribution in [1.82, 2.24) is 14.5 Å². The van der Waals surface area contributed by atoms with Gasteiger partial charge < -0.3 is 13.9 Å². The highest BCUT2D eigenvalue weighted by atomic mass is 16.4. The largest absolute Gasteiger partial charge is 0.422 e. The van der Waals surface area contributed by atoms with Crippen LogP contribution in [0.3, 0.4) is 0 Å². The summed E-state index contributed by atoms with van der Waals surface area (Å²) in [5, 5.41) is 3.51. The van der Waals surface area contributed by atoms with E-state index in [2.05, 4.69) is 29.0 Å². The average Bonchev–Trinajstić information content (AvgIpc) is 3.11. The molecule has 0 spiro atoms. The van der Waals surface area contributed by atoms with Crippen LogP contribution >= 0.6 is 0 Å². The van der Waals surface area contributed by atoms with Crippen LogP contribution in [0.5, 0.6) is 0 Å². The van der Waals surface area contributed by atoms with Gasteiger partial charge in [-0.05, 0) is 37.4 Å². The van der Waals surface area contributed by atoms with Gasteiger partial charge in [-0.2, -0.15) is 0 Å². The number of amides is 1.